The number of aromatic amines is 1. The van der Waals surface area contributed by atoms with Gasteiger partial charge in [0.2, 0.25) is 11.8 Å². The maximum absolute atomic E-state index is 12.3. The number of pyridine rings is 1. The number of carbonyl (C=O) groups is 2. The summed E-state index contributed by atoms with van der Waals surface area (Å²) in [6, 6.07) is 8.79. The second-order valence-electron chi connectivity index (χ2n) is 12.4. The Labute approximate surface area is 258 Å². The standard InChI is InChI=1S/C31H33ClN8O2S/c32-20-13-19-3-1-11-39(21-16-31(8-2-9-31)38(17-21)12-7-26-34-36-37-35-26)29(19)24(14-20)23-6-10-33-25-15-22(43-30(23)25)18-40-27(41)4-5-28(40)42/h6,10,13-15,21H,1-5,7-9,11-12,16-18H2,(H,34,35,36,37). The molecule has 12 heteroatoms. The van der Waals surface area contributed by atoms with E-state index in [-0.39, 0.29) is 17.4 Å². The van der Waals surface area contributed by atoms with Gasteiger partial charge in [-0.1, -0.05) is 16.8 Å². The Bertz CT molecular complexity index is 1700. The largest absolute Gasteiger partial charge is 0.366 e. The number of halogens is 1. The Morgan fingerprint density at radius 3 is 2.70 bits per heavy atom. The van der Waals surface area contributed by atoms with Crippen molar-refractivity contribution in [1.82, 2.24) is 35.4 Å². The Morgan fingerprint density at radius 2 is 1.93 bits per heavy atom. The zero-order valence-corrected chi connectivity index (χ0v) is 25.5. The number of nitrogens with one attached hydrogen (secondary N) is 1. The van der Waals surface area contributed by atoms with Crippen molar-refractivity contribution in [2.45, 2.75) is 75.9 Å². The van der Waals surface area contributed by atoms with Gasteiger partial charge in [0.15, 0.2) is 5.82 Å². The van der Waals surface area contributed by atoms with Crippen LogP contribution in [0.15, 0.2) is 30.5 Å². The van der Waals surface area contributed by atoms with E-state index in [9.17, 15) is 9.59 Å². The van der Waals surface area contributed by atoms with Gasteiger partial charge in [0, 0.05) is 83.4 Å². The minimum Gasteiger partial charge on any atom is -0.366 e. The number of thiophene rings is 1. The molecule has 1 saturated carbocycles. The van der Waals surface area contributed by atoms with E-state index >= 15 is 0 Å². The van der Waals surface area contributed by atoms with Gasteiger partial charge in [-0.05, 0) is 68.4 Å². The van der Waals surface area contributed by atoms with Gasteiger partial charge in [0.05, 0.1) is 16.8 Å². The maximum Gasteiger partial charge on any atom is 0.230 e. The molecular formula is C31H33ClN8O2S. The number of anilines is 1. The predicted octanol–water partition coefficient (Wildman–Crippen LogP) is 4.77. The number of hydrogen-bond acceptors (Lipinski definition) is 9. The second-order valence-corrected chi connectivity index (χ2v) is 14.0. The summed E-state index contributed by atoms with van der Waals surface area (Å²) in [5.74, 6) is 0.582. The van der Waals surface area contributed by atoms with Crippen LogP contribution in [-0.4, -0.2) is 78.4 Å². The molecular weight excluding hydrogens is 584 g/mol. The van der Waals surface area contributed by atoms with Crippen LogP contribution in [0.1, 0.15) is 61.2 Å². The fourth-order valence-corrected chi connectivity index (χ4v) is 9.16. The van der Waals surface area contributed by atoms with Gasteiger partial charge >= 0.3 is 0 Å². The molecule has 3 aromatic heterocycles. The van der Waals surface area contributed by atoms with Crippen LogP contribution >= 0.6 is 22.9 Å². The number of imide groups is 1. The molecule has 222 valence electrons. The lowest BCUT2D eigenvalue weighted by molar-refractivity contribution is -0.138. The third kappa shape index (κ3) is 4.72. The Balaban J connectivity index is 1.14. The van der Waals surface area contributed by atoms with Crippen molar-refractivity contribution in [3.63, 3.8) is 0 Å². The highest BCUT2D eigenvalue weighted by Crippen LogP contribution is 2.50. The third-order valence-corrected chi connectivity index (χ3v) is 11.3. The predicted molar refractivity (Wildman–Crippen MR) is 165 cm³/mol. The molecule has 3 aliphatic heterocycles. The summed E-state index contributed by atoms with van der Waals surface area (Å²) in [6.07, 6.45) is 10.3. The lowest BCUT2D eigenvalue weighted by Crippen LogP contribution is -2.49. The van der Waals surface area contributed by atoms with Crippen LogP contribution in [-0.2, 0) is 29.0 Å². The van der Waals surface area contributed by atoms with Gasteiger partial charge in [-0.25, -0.2) is 0 Å². The van der Waals surface area contributed by atoms with Crippen LogP contribution in [0.25, 0.3) is 21.3 Å². The highest BCUT2D eigenvalue weighted by atomic mass is 35.5. The zero-order chi connectivity index (χ0) is 29.1. The van der Waals surface area contributed by atoms with Gasteiger partial charge in [-0.15, -0.1) is 21.5 Å². The van der Waals surface area contributed by atoms with Crippen molar-refractivity contribution in [2.75, 3.05) is 24.5 Å². The number of fused-ring (bicyclic) bond motifs is 2. The van der Waals surface area contributed by atoms with Crippen LogP contribution in [0.2, 0.25) is 5.02 Å². The molecule has 1 N–H and O–H groups in total. The van der Waals surface area contributed by atoms with E-state index in [1.165, 1.54) is 35.4 Å². The number of H-pyrrole nitrogens is 1. The summed E-state index contributed by atoms with van der Waals surface area (Å²) < 4.78 is 1.07. The molecule has 6 heterocycles. The lowest BCUT2D eigenvalue weighted by Gasteiger charge is -2.46. The number of carbonyl (C=O) groups excluding carboxylic acids is 2. The Morgan fingerprint density at radius 1 is 1.07 bits per heavy atom. The number of tetrazole rings is 1. The van der Waals surface area contributed by atoms with E-state index < -0.39 is 0 Å². The summed E-state index contributed by atoms with van der Waals surface area (Å²) in [5.41, 5.74) is 5.99. The molecule has 10 nitrogen and oxygen atoms in total. The first kappa shape index (κ1) is 27.2. The van der Waals surface area contributed by atoms with Crippen LogP contribution in [0, 0.1) is 0 Å². The van der Waals surface area contributed by atoms with Crippen molar-refractivity contribution in [2.24, 2.45) is 0 Å². The van der Waals surface area contributed by atoms with E-state index in [0.717, 1.165) is 82.4 Å². The SMILES string of the molecule is O=C1CCC(=O)N1Cc1cc2nccc(-c3cc(Cl)cc4c3N(C3CN(CCc5nn[nH]n5)C5(CCC5)C3)CCC4)c2s1. The monoisotopic (exact) mass is 616 g/mol. The topological polar surface area (TPSA) is 111 Å². The number of amides is 2. The highest BCUT2D eigenvalue weighted by Gasteiger charge is 2.51. The third-order valence-electron chi connectivity index (χ3n) is 9.95. The van der Waals surface area contributed by atoms with Crippen LogP contribution in [0.5, 0.6) is 0 Å². The number of hydrogen-bond donors (Lipinski definition) is 1. The molecule has 1 atom stereocenters. The van der Waals surface area contributed by atoms with E-state index in [2.05, 4.69) is 53.6 Å². The molecule has 1 aliphatic carbocycles. The van der Waals surface area contributed by atoms with Gasteiger partial charge < -0.3 is 4.90 Å². The molecule has 4 aromatic rings. The smallest absolute Gasteiger partial charge is 0.230 e. The normalized spacial score (nSPS) is 21.7. The van der Waals surface area contributed by atoms with Crippen molar-refractivity contribution >= 4 is 50.7 Å². The van der Waals surface area contributed by atoms with Crippen LogP contribution in [0.3, 0.4) is 0 Å². The van der Waals surface area contributed by atoms with Crippen LogP contribution in [0.4, 0.5) is 5.69 Å². The molecule has 3 fully saturated rings. The molecule has 8 rings (SSSR count). The van der Waals surface area contributed by atoms with Crippen molar-refractivity contribution in [3.05, 3.63) is 51.7 Å². The first-order valence-corrected chi connectivity index (χ1v) is 16.4. The fraction of sp³-hybridized carbons (Fsp3) is 0.484. The van der Waals surface area contributed by atoms with Gasteiger partial charge in [0.1, 0.15) is 0 Å². The summed E-state index contributed by atoms with van der Waals surface area (Å²) in [5, 5.41) is 15.4. The summed E-state index contributed by atoms with van der Waals surface area (Å²) in [7, 11) is 0. The molecule has 1 unspecified atom stereocenters. The van der Waals surface area contributed by atoms with Crippen LogP contribution < -0.4 is 4.90 Å². The molecule has 0 radical (unpaired) electrons. The molecule has 43 heavy (non-hydrogen) atoms. The second kappa shape index (κ2) is 10.6. The number of likely N-dealkylation sites (tertiary alicyclic amines) is 2. The van der Waals surface area contributed by atoms with Crippen molar-refractivity contribution < 1.29 is 9.59 Å². The Hall–Kier alpha value is -3.41. The molecule has 0 bridgehead atoms. The van der Waals surface area contributed by atoms with Gasteiger partial charge in [-0.3, -0.25) is 24.4 Å². The highest BCUT2D eigenvalue weighted by molar-refractivity contribution is 7.19. The van der Waals surface area contributed by atoms with Gasteiger partial charge in [0.25, 0.3) is 0 Å². The molecule has 4 aliphatic rings. The molecule has 2 saturated heterocycles. The summed E-state index contributed by atoms with van der Waals surface area (Å²) in [4.78, 5) is 37.0. The minimum absolute atomic E-state index is 0.0951. The number of aromatic nitrogens is 5. The molecule has 1 spiro atoms. The van der Waals surface area contributed by atoms with Gasteiger partial charge in [-0.2, -0.15) is 5.21 Å². The number of aryl methyl sites for hydroxylation is 1. The quantitative estimate of drug-likeness (QED) is 0.296. The van der Waals surface area contributed by atoms with Crippen molar-refractivity contribution in [3.8, 4) is 11.1 Å². The van der Waals surface area contributed by atoms with E-state index in [4.69, 9.17) is 11.6 Å². The first-order chi connectivity index (χ1) is 21.0. The first-order valence-electron chi connectivity index (χ1n) is 15.2. The molecule has 2 amide bonds. The van der Waals surface area contributed by atoms with E-state index in [1.807, 2.05) is 12.3 Å². The lowest BCUT2D eigenvalue weighted by atomic mass is 9.74. The average Bonchev–Trinajstić information content (AvgIpc) is 3.78. The maximum atomic E-state index is 12.3. The number of rotatable bonds is 7. The van der Waals surface area contributed by atoms with E-state index in [1.54, 1.807) is 11.3 Å². The summed E-state index contributed by atoms with van der Waals surface area (Å²) >= 11 is 8.41. The number of benzene rings is 1. The van der Waals surface area contributed by atoms with E-state index in [0.29, 0.717) is 25.4 Å². The molecule has 1 aromatic carbocycles. The average molecular weight is 617 g/mol. The minimum atomic E-state index is -0.0951. The van der Waals surface area contributed by atoms with Crippen molar-refractivity contribution in [1.29, 1.82) is 0 Å². The zero-order valence-electron chi connectivity index (χ0n) is 23.9. The summed E-state index contributed by atoms with van der Waals surface area (Å²) in [6.45, 7) is 3.28. The Kier molecular flexibility index (Phi) is 6.72. The number of nitrogens with zero attached hydrogens (tertiary/aromatic N) is 7. The fourth-order valence-electron chi connectivity index (χ4n) is 7.79.